The van der Waals surface area contributed by atoms with Gasteiger partial charge in [0.2, 0.25) is 0 Å². The lowest BCUT2D eigenvalue weighted by molar-refractivity contribution is 0.882. The van der Waals surface area contributed by atoms with Crippen LogP contribution in [0.25, 0.3) is 62.5 Å². The summed E-state index contributed by atoms with van der Waals surface area (Å²) >= 11 is 0. The molecule has 40 heavy (non-hydrogen) atoms. The van der Waals surface area contributed by atoms with E-state index in [1.165, 1.54) is 70.2 Å². The van der Waals surface area contributed by atoms with E-state index in [-0.39, 0.29) is 0 Å². The van der Waals surface area contributed by atoms with E-state index in [2.05, 4.69) is 127 Å². The molecule has 0 amide bonds. The topological polar surface area (TPSA) is 0 Å². The average Bonchev–Trinajstić information content (AvgIpc) is 3.03. The minimum Gasteiger partial charge on any atom is -0.0836 e. The number of rotatable bonds is 3. The van der Waals surface area contributed by atoms with Crippen LogP contribution in [0.1, 0.15) is 49.1 Å². The minimum absolute atomic E-state index is 0.317. The van der Waals surface area contributed by atoms with E-state index in [4.69, 9.17) is 0 Å². The van der Waals surface area contributed by atoms with Crippen molar-refractivity contribution in [3.63, 3.8) is 0 Å². The van der Waals surface area contributed by atoms with Gasteiger partial charge in [0.1, 0.15) is 0 Å². The quantitative estimate of drug-likeness (QED) is 0.235. The van der Waals surface area contributed by atoms with Crippen LogP contribution in [-0.4, -0.2) is 0 Å². The summed E-state index contributed by atoms with van der Waals surface area (Å²) in [5.41, 5.74) is 7.08. The van der Waals surface area contributed by atoms with Crippen LogP contribution in [-0.2, 0) is 0 Å². The molecule has 192 valence electrons. The van der Waals surface area contributed by atoms with Crippen LogP contribution in [0.4, 0.5) is 0 Å². The SMILES string of the molecule is C1=CCC(c2cccc3ccccc23)C(c2c3c(c(-c4cccc5c4=CCCC=5)c4ccccc24)=CCCC=3)=C1. The first-order valence-corrected chi connectivity index (χ1v) is 14.8. The molecule has 0 aliphatic heterocycles. The van der Waals surface area contributed by atoms with Crippen LogP contribution in [0.3, 0.4) is 0 Å². The lowest BCUT2D eigenvalue weighted by atomic mass is 9.76. The standard InChI is InChI=1S/C40H32/c1-3-17-29-27(13-1)15-11-25-31(29)32-19-5-6-20-34(32)40-37-23-9-7-21-35(37)39(36-22-8-10-24-38(36)40)33-26-12-16-28-14-2-4-18-30(28)33/h1,3,5-7,9,11-18,20-26,32H,2,4,8,10,19H2. The zero-order valence-electron chi connectivity index (χ0n) is 22.7. The number of allylic oxidation sites excluding steroid dienone is 4. The second-order valence-electron chi connectivity index (χ2n) is 11.3. The van der Waals surface area contributed by atoms with Crippen LogP contribution in [0.15, 0.2) is 103 Å². The summed E-state index contributed by atoms with van der Waals surface area (Å²) in [6.45, 7) is 0. The van der Waals surface area contributed by atoms with Gasteiger partial charge < -0.3 is 0 Å². The molecular formula is C40H32. The predicted molar refractivity (Wildman–Crippen MR) is 173 cm³/mol. The zero-order valence-corrected chi connectivity index (χ0v) is 22.7. The summed E-state index contributed by atoms with van der Waals surface area (Å²) in [4.78, 5) is 0. The smallest absolute Gasteiger partial charge is 0.0136 e. The molecule has 0 saturated carbocycles. The molecule has 0 aromatic heterocycles. The Hall–Kier alpha value is -4.42. The van der Waals surface area contributed by atoms with Crippen molar-refractivity contribution < 1.29 is 0 Å². The van der Waals surface area contributed by atoms with Gasteiger partial charge in [0.15, 0.2) is 0 Å². The maximum absolute atomic E-state index is 2.52. The third kappa shape index (κ3) is 3.67. The van der Waals surface area contributed by atoms with Crippen molar-refractivity contribution in [1.82, 2.24) is 0 Å². The summed E-state index contributed by atoms with van der Waals surface area (Å²) in [7, 11) is 0. The molecule has 0 fully saturated rings. The Morgan fingerprint density at radius 2 is 1.18 bits per heavy atom. The summed E-state index contributed by atoms with van der Waals surface area (Å²) in [6, 6.07) is 31.7. The highest BCUT2D eigenvalue weighted by atomic mass is 14.3. The first-order chi connectivity index (χ1) is 19.9. The van der Waals surface area contributed by atoms with E-state index in [1.807, 2.05) is 0 Å². The monoisotopic (exact) mass is 512 g/mol. The van der Waals surface area contributed by atoms with Crippen molar-refractivity contribution in [2.24, 2.45) is 0 Å². The molecule has 8 rings (SSSR count). The third-order valence-electron chi connectivity index (χ3n) is 9.09. The Kier molecular flexibility index (Phi) is 5.66. The Morgan fingerprint density at radius 1 is 0.525 bits per heavy atom. The molecule has 5 aromatic rings. The second-order valence-corrected chi connectivity index (χ2v) is 11.3. The van der Waals surface area contributed by atoms with Crippen molar-refractivity contribution in [1.29, 1.82) is 0 Å². The average molecular weight is 513 g/mol. The van der Waals surface area contributed by atoms with Gasteiger partial charge in [0.25, 0.3) is 0 Å². The Balaban J connectivity index is 1.46. The number of hydrogen-bond acceptors (Lipinski definition) is 0. The number of benzene rings is 5. The molecule has 0 heteroatoms. The lowest BCUT2D eigenvalue weighted by Crippen LogP contribution is -2.36. The summed E-state index contributed by atoms with van der Waals surface area (Å²) in [5.74, 6) is 0.317. The molecule has 0 nitrogen and oxygen atoms in total. The summed E-state index contributed by atoms with van der Waals surface area (Å²) in [5, 5.41) is 11.0. The van der Waals surface area contributed by atoms with E-state index in [0.29, 0.717) is 5.92 Å². The van der Waals surface area contributed by atoms with E-state index in [1.54, 1.807) is 0 Å². The van der Waals surface area contributed by atoms with Gasteiger partial charge in [-0.15, -0.1) is 0 Å². The van der Waals surface area contributed by atoms with Crippen LogP contribution in [0.2, 0.25) is 0 Å². The zero-order chi connectivity index (χ0) is 26.5. The molecule has 1 unspecified atom stereocenters. The van der Waals surface area contributed by atoms with E-state index < -0.39 is 0 Å². The largest absolute Gasteiger partial charge is 0.0836 e. The van der Waals surface area contributed by atoms with Crippen LogP contribution < -0.4 is 20.9 Å². The van der Waals surface area contributed by atoms with Crippen molar-refractivity contribution in [2.75, 3.05) is 0 Å². The van der Waals surface area contributed by atoms with E-state index in [9.17, 15) is 0 Å². The molecule has 0 spiro atoms. The van der Waals surface area contributed by atoms with Gasteiger partial charge in [-0.05, 0) is 102 Å². The van der Waals surface area contributed by atoms with Gasteiger partial charge in [-0.1, -0.05) is 127 Å². The third-order valence-corrected chi connectivity index (χ3v) is 9.09. The molecule has 0 heterocycles. The highest BCUT2D eigenvalue weighted by Crippen LogP contribution is 2.42. The fraction of sp³-hybridized carbons (Fsp3) is 0.150. The molecule has 0 saturated heterocycles. The van der Waals surface area contributed by atoms with Crippen molar-refractivity contribution >= 4 is 51.4 Å². The Bertz CT molecular complexity index is 2130. The summed E-state index contributed by atoms with van der Waals surface area (Å²) < 4.78 is 0. The van der Waals surface area contributed by atoms with Gasteiger partial charge in [-0.25, -0.2) is 0 Å². The summed E-state index contributed by atoms with van der Waals surface area (Å²) in [6.07, 6.45) is 22.4. The maximum Gasteiger partial charge on any atom is 0.0136 e. The first-order valence-electron chi connectivity index (χ1n) is 14.8. The van der Waals surface area contributed by atoms with Crippen LogP contribution >= 0.6 is 0 Å². The Morgan fingerprint density at radius 3 is 2.02 bits per heavy atom. The molecule has 5 aromatic carbocycles. The number of hydrogen-bond donors (Lipinski definition) is 0. The first kappa shape index (κ1) is 23.5. The molecule has 0 radical (unpaired) electrons. The minimum atomic E-state index is 0.317. The highest BCUT2D eigenvalue weighted by molar-refractivity contribution is 6.05. The molecule has 0 bridgehead atoms. The predicted octanol–water partition coefficient (Wildman–Crippen LogP) is 7.50. The normalized spacial score (nSPS) is 17.6. The fourth-order valence-electron chi connectivity index (χ4n) is 7.37. The van der Waals surface area contributed by atoms with E-state index in [0.717, 1.165) is 32.1 Å². The van der Waals surface area contributed by atoms with E-state index >= 15 is 0 Å². The van der Waals surface area contributed by atoms with Crippen molar-refractivity contribution in [2.45, 2.75) is 38.0 Å². The maximum atomic E-state index is 2.52. The fourth-order valence-corrected chi connectivity index (χ4v) is 7.37. The van der Waals surface area contributed by atoms with Gasteiger partial charge in [-0.3, -0.25) is 0 Å². The van der Waals surface area contributed by atoms with Gasteiger partial charge >= 0.3 is 0 Å². The Labute approximate surface area is 235 Å². The van der Waals surface area contributed by atoms with Crippen molar-refractivity contribution in [3.8, 4) is 11.1 Å². The molecular weight excluding hydrogens is 480 g/mol. The van der Waals surface area contributed by atoms with Gasteiger partial charge in [-0.2, -0.15) is 0 Å². The molecule has 0 N–H and O–H groups in total. The second kappa shape index (κ2) is 9.65. The van der Waals surface area contributed by atoms with Crippen LogP contribution in [0.5, 0.6) is 0 Å². The van der Waals surface area contributed by atoms with Gasteiger partial charge in [0.05, 0.1) is 0 Å². The van der Waals surface area contributed by atoms with Crippen molar-refractivity contribution in [3.05, 3.63) is 135 Å². The molecule has 3 aliphatic rings. The highest BCUT2D eigenvalue weighted by Gasteiger charge is 2.25. The molecule has 3 aliphatic carbocycles. The number of fused-ring (bicyclic) bond motifs is 4. The van der Waals surface area contributed by atoms with Crippen LogP contribution in [0, 0.1) is 0 Å². The lowest BCUT2D eigenvalue weighted by Gasteiger charge is -2.27. The van der Waals surface area contributed by atoms with Gasteiger partial charge in [0, 0.05) is 5.92 Å². The molecule has 1 atom stereocenters.